The van der Waals surface area contributed by atoms with Crippen molar-refractivity contribution in [3.05, 3.63) is 72.3 Å². The van der Waals surface area contributed by atoms with Gasteiger partial charge in [-0.3, -0.25) is 4.79 Å². The summed E-state index contributed by atoms with van der Waals surface area (Å²) in [5.41, 5.74) is 4.87. The van der Waals surface area contributed by atoms with Gasteiger partial charge in [-0.2, -0.15) is 0 Å². The first-order valence-corrected chi connectivity index (χ1v) is 11.2. The highest BCUT2D eigenvalue weighted by Gasteiger charge is 2.22. The molecule has 4 aromatic rings. The van der Waals surface area contributed by atoms with Gasteiger partial charge in [-0.05, 0) is 67.3 Å². The standard InChI is InChI=1S/C26H26N4O3/c31-14-13-27-20-7-9-21(10-8-20)28-26(32)19-5-3-18(4-6-19)25-29-23-12-11-22(15-24(23)30-25)33-16-17-1-2-17/h3-12,15,17,27,31H,1-2,13-14,16H2,(H,28,32)(H,29,30). The van der Waals surface area contributed by atoms with E-state index >= 15 is 0 Å². The maximum absolute atomic E-state index is 12.6. The van der Waals surface area contributed by atoms with Gasteiger partial charge in [-0.1, -0.05) is 12.1 Å². The second-order valence-corrected chi connectivity index (χ2v) is 8.28. The number of benzene rings is 3. The molecule has 0 spiro atoms. The number of nitrogens with zero attached hydrogens (tertiary/aromatic N) is 1. The number of aromatic amines is 1. The lowest BCUT2D eigenvalue weighted by Gasteiger charge is -2.08. The minimum atomic E-state index is -0.181. The number of aliphatic hydroxyl groups is 1. The summed E-state index contributed by atoms with van der Waals surface area (Å²) in [6, 6.07) is 20.6. The molecule has 0 saturated heterocycles. The number of aliphatic hydroxyl groups excluding tert-OH is 1. The van der Waals surface area contributed by atoms with E-state index in [0.717, 1.165) is 40.5 Å². The van der Waals surface area contributed by atoms with Crippen LogP contribution in [0.4, 0.5) is 11.4 Å². The zero-order valence-electron chi connectivity index (χ0n) is 18.2. The van der Waals surface area contributed by atoms with Crippen LogP contribution in [0.1, 0.15) is 23.2 Å². The normalized spacial score (nSPS) is 13.1. The van der Waals surface area contributed by atoms with E-state index in [-0.39, 0.29) is 12.5 Å². The van der Waals surface area contributed by atoms with E-state index in [0.29, 0.717) is 23.7 Å². The van der Waals surface area contributed by atoms with Crippen LogP contribution >= 0.6 is 0 Å². The molecule has 1 aliphatic rings. The molecule has 3 aromatic carbocycles. The Bertz CT molecular complexity index is 1250. The molecule has 1 heterocycles. The van der Waals surface area contributed by atoms with Crippen LogP contribution in [0.15, 0.2) is 66.7 Å². The highest BCUT2D eigenvalue weighted by Crippen LogP contribution is 2.30. The summed E-state index contributed by atoms with van der Waals surface area (Å²) in [6.45, 7) is 1.33. The number of nitrogens with one attached hydrogen (secondary N) is 3. The summed E-state index contributed by atoms with van der Waals surface area (Å²) < 4.78 is 5.86. The summed E-state index contributed by atoms with van der Waals surface area (Å²) in [5.74, 6) is 2.14. The van der Waals surface area contributed by atoms with Crippen molar-refractivity contribution in [1.29, 1.82) is 0 Å². The van der Waals surface area contributed by atoms with Crippen molar-refractivity contribution >= 4 is 28.3 Å². The van der Waals surface area contributed by atoms with Gasteiger partial charge in [0.2, 0.25) is 0 Å². The first-order chi connectivity index (χ1) is 16.2. The largest absolute Gasteiger partial charge is 0.493 e. The lowest BCUT2D eigenvalue weighted by atomic mass is 10.1. The number of rotatable bonds is 9. The van der Waals surface area contributed by atoms with Crippen LogP contribution in [0.25, 0.3) is 22.4 Å². The number of hydrogen-bond acceptors (Lipinski definition) is 5. The van der Waals surface area contributed by atoms with Crippen molar-refractivity contribution in [2.45, 2.75) is 12.8 Å². The fourth-order valence-electron chi connectivity index (χ4n) is 3.57. The molecular weight excluding hydrogens is 416 g/mol. The molecule has 0 unspecified atom stereocenters. The van der Waals surface area contributed by atoms with Gasteiger partial charge in [0, 0.05) is 35.1 Å². The zero-order valence-corrected chi connectivity index (χ0v) is 18.2. The van der Waals surface area contributed by atoms with Crippen molar-refractivity contribution in [2.75, 3.05) is 30.4 Å². The van der Waals surface area contributed by atoms with Gasteiger partial charge in [0.15, 0.2) is 0 Å². The predicted molar refractivity (Wildman–Crippen MR) is 130 cm³/mol. The van der Waals surface area contributed by atoms with Crippen molar-refractivity contribution in [1.82, 2.24) is 9.97 Å². The van der Waals surface area contributed by atoms with Gasteiger partial charge in [0.1, 0.15) is 11.6 Å². The first kappa shape index (κ1) is 21.0. The van der Waals surface area contributed by atoms with Crippen LogP contribution in [0.3, 0.4) is 0 Å². The molecular formula is C26H26N4O3. The third-order valence-corrected chi connectivity index (χ3v) is 5.64. The van der Waals surface area contributed by atoms with Crippen LogP contribution in [-0.2, 0) is 0 Å². The maximum Gasteiger partial charge on any atom is 0.255 e. The molecule has 4 N–H and O–H groups in total. The minimum absolute atomic E-state index is 0.0678. The van der Waals surface area contributed by atoms with Crippen molar-refractivity contribution in [2.24, 2.45) is 5.92 Å². The predicted octanol–water partition coefficient (Wildman–Crippen LogP) is 4.68. The lowest BCUT2D eigenvalue weighted by molar-refractivity contribution is 0.102. The number of carbonyl (C=O) groups excluding carboxylic acids is 1. The maximum atomic E-state index is 12.6. The van der Waals surface area contributed by atoms with E-state index in [1.54, 1.807) is 12.1 Å². The highest BCUT2D eigenvalue weighted by molar-refractivity contribution is 6.04. The number of H-pyrrole nitrogens is 1. The fraction of sp³-hybridized carbons (Fsp3) is 0.231. The van der Waals surface area contributed by atoms with Crippen LogP contribution in [0.5, 0.6) is 5.75 Å². The molecule has 1 fully saturated rings. The van der Waals surface area contributed by atoms with Gasteiger partial charge in [-0.25, -0.2) is 4.98 Å². The molecule has 1 amide bonds. The third kappa shape index (κ3) is 5.15. The Balaban J connectivity index is 1.24. The summed E-state index contributed by atoms with van der Waals surface area (Å²) in [4.78, 5) is 20.6. The van der Waals surface area contributed by atoms with Gasteiger partial charge in [0.25, 0.3) is 5.91 Å². The second kappa shape index (κ2) is 9.34. The Kier molecular flexibility index (Phi) is 5.95. The van der Waals surface area contributed by atoms with Crippen LogP contribution in [0, 0.1) is 5.92 Å². The monoisotopic (exact) mass is 442 g/mol. The highest BCUT2D eigenvalue weighted by atomic mass is 16.5. The summed E-state index contributed by atoms with van der Waals surface area (Å²) >= 11 is 0. The van der Waals surface area contributed by atoms with Gasteiger partial charge < -0.3 is 25.5 Å². The number of fused-ring (bicyclic) bond motifs is 1. The van der Waals surface area contributed by atoms with Crippen LogP contribution in [-0.4, -0.2) is 40.7 Å². The number of carbonyl (C=O) groups is 1. The van der Waals surface area contributed by atoms with E-state index < -0.39 is 0 Å². The minimum Gasteiger partial charge on any atom is -0.493 e. The Hall–Kier alpha value is -3.84. The van der Waals surface area contributed by atoms with Crippen LogP contribution < -0.4 is 15.4 Å². The molecule has 1 aliphatic carbocycles. The van der Waals surface area contributed by atoms with E-state index in [1.807, 2.05) is 54.6 Å². The Labute approximate surface area is 191 Å². The quantitative estimate of drug-likeness (QED) is 0.302. The molecule has 0 aliphatic heterocycles. The molecule has 7 nitrogen and oxygen atoms in total. The van der Waals surface area contributed by atoms with Gasteiger partial charge >= 0.3 is 0 Å². The fourth-order valence-corrected chi connectivity index (χ4v) is 3.57. The third-order valence-electron chi connectivity index (χ3n) is 5.64. The average molecular weight is 443 g/mol. The number of ether oxygens (including phenoxy) is 1. The molecule has 168 valence electrons. The van der Waals surface area contributed by atoms with E-state index in [4.69, 9.17) is 9.84 Å². The van der Waals surface area contributed by atoms with E-state index in [2.05, 4.69) is 20.6 Å². The second-order valence-electron chi connectivity index (χ2n) is 8.28. The molecule has 0 radical (unpaired) electrons. The molecule has 1 aromatic heterocycles. The Morgan fingerprint density at radius 1 is 1.03 bits per heavy atom. The topological polar surface area (TPSA) is 99.3 Å². The number of hydrogen-bond donors (Lipinski definition) is 4. The van der Waals surface area contributed by atoms with Crippen molar-refractivity contribution < 1.29 is 14.6 Å². The first-order valence-electron chi connectivity index (χ1n) is 11.2. The van der Waals surface area contributed by atoms with Gasteiger partial charge in [0.05, 0.1) is 24.2 Å². The molecule has 1 saturated carbocycles. The molecule has 0 atom stereocenters. The smallest absolute Gasteiger partial charge is 0.255 e. The number of imidazole rings is 1. The summed E-state index contributed by atoms with van der Waals surface area (Å²) in [5, 5.41) is 14.8. The Morgan fingerprint density at radius 3 is 2.52 bits per heavy atom. The summed E-state index contributed by atoms with van der Waals surface area (Å²) in [6.07, 6.45) is 2.53. The zero-order chi connectivity index (χ0) is 22.6. The van der Waals surface area contributed by atoms with E-state index in [9.17, 15) is 4.79 Å². The average Bonchev–Trinajstić information content (AvgIpc) is 3.59. The van der Waals surface area contributed by atoms with Crippen molar-refractivity contribution in [3.8, 4) is 17.1 Å². The van der Waals surface area contributed by atoms with E-state index in [1.165, 1.54) is 12.8 Å². The Morgan fingerprint density at radius 2 is 1.79 bits per heavy atom. The van der Waals surface area contributed by atoms with Crippen LogP contribution in [0.2, 0.25) is 0 Å². The number of aromatic nitrogens is 2. The van der Waals surface area contributed by atoms with Gasteiger partial charge in [-0.15, -0.1) is 0 Å². The molecule has 7 heteroatoms. The molecule has 33 heavy (non-hydrogen) atoms. The molecule has 5 rings (SSSR count). The lowest BCUT2D eigenvalue weighted by Crippen LogP contribution is -2.12. The molecule has 0 bridgehead atoms. The number of amides is 1. The summed E-state index contributed by atoms with van der Waals surface area (Å²) in [7, 11) is 0. The SMILES string of the molecule is O=C(Nc1ccc(NCCO)cc1)c1ccc(-c2nc3ccc(OCC4CC4)cc3[nH]2)cc1. The van der Waals surface area contributed by atoms with Crippen molar-refractivity contribution in [3.63, 3.8) is 0 Å². The number of anilines is 2.